The molecule has 1 unspecified atom stereocenters. The molecule has 3 rings (SSSR count). The Bertz CT molecular complexity index is 921. The van der Waals surface area contributed by atoms with E-state index in [1.54, 1.807) is 0 Å². The Kier molecular flexibility index (Phi) is 7.50. The van der Waals surface area contributed by atoms with E-state index >= 15 is 0 Å². The van der Waals surface area contributed by atoms with Crippen molar-refractivity contribution in [3.8, 4) is 0 Å². The predicted molar refractivity (Wildman–Crippen MR) is 128 cm³/mol. The molecule has 1 N–H and O–H groups in total. The number of rotatable bonds is 7. The molecule has 0 saturated carbocycles. The van der Waals surface area contributed by atoms with Gasteiger partial charge in [-0.1, -0.05) is 71.5 Å². The van der Waals surface area contributed by atoms with E-state index in [-0.39, 0.29) is 23.0 Å². The Labute approximate surface area is 188 Å². The maximum absolute atomic E-state index is 11.7. The highest BCUT2D eigenvalue weighted by Crippen LogP contribution is 2.52. The minimum absolute atomic E-state index is 0.168. The quantitative estimate of drug-likeness (QED) is 0.381. The van der Waals surface area contributed by atoms with Gasteiger partial charge in [0.2, 0.25) is 6.54 Å². The van der Waals surface area contributed by atoms with Crippen molar-refractivity contribution in [2.24, 2.45) is 5.92 Å². The van der Waals surface area contributed by atoms with Gasteiger partial charge in [-0.15, -0.1) is 0 Å². The summed E-state index contributed by atoms with van der Waals surface area (Å²) in [5.74, 6) is 0.235. The minimum Gasteiger partial charge on any atom is -0.465 e. The van der Waals surface area contributed by atoms with Crippen LogP contribution >= 0.6 is 6.04 Å². The fraction of sp³-hybridized carbons (Fsp3) is 0.435. The lowest BCUT2D eigenvalue weighted by Gasteiger charge is -2.35. The smallest absolute Gasteiger partial charge is 0.407 e. The van der Waals surface area contributed by atoms with Crippen molar-refractivity contribution in [3.05, 3.63) is 69.8 Å². The van der Waals surface area contributed by atoms with Crippen molar-refractivity contribution < 1.29 is 14.8 Å². The molecule has 8 heteroatoms. The fourth-order valence-corrected chi connectivity index (χ4v) is 8.83. The number of nitrogens with zero attached hydrogens (tertiary/aromatic N) is 2. The Morgan fingerprint density at radius 2 is 1.55 bits per heavy atom. The molecule has 1 aliphatic rings. The molecule has 0 aliphatic carbocycles. The molecule has 1 amide bonds. The van der Waals surface area contributed by atoms with Crippen molar-refractivity contribution in [1.29, 1.82) is 0 Å². The van der Waals surface area contributed by atoms with Gasteiger partial charge < -0.3 is 10.0 Å². The van der Waals surface area contributed by atoms with Crippen LogP contribution < -0.4 is 10.6 Å². The van der Waals surface area contributed by atoms with Crippen molar-refractivity contribution in [2.75, 3.05) is 19.6 Å². The zero-order valence-electron chi connectivity index (χ0n) is 17.9. The van der Waals surface area contributed by atoms with Gasteiger partial charge in [-0.3, -0.25) is 10.1 Å². The topological polar surface area (TPSA) is 83.7 Å². The molecular weight excluding hydrogens is 431 g/mol. The first-order chi connectivity index (χ1) is 14.7. The second-order valence-corrected chi connectivity index (χ2v) is 13.3. The summed E-state index contributed by atoms with van der Waals surface area (Å²) in [4.78, 5) is 24.1. The van der Waals surface area contributed by atoms with Gasteiger partial charge in [-0.05, 0) is 49.6 Å². The maximum atomic E-state index is 11.7. The molecule has 1 fully saturated rings. The minimum atomic E-state index is -2.47. The average Bonchev–Trinajstić information content (AvgIpc) is 2.74. The van der Waals surface area contributed by atoms with E-state index in [0.717, 1.165) is 34.6 Å². The van der Waals surface area contributed by atoms with Gasteiger partial charge >= 0.3 is 6.09 Å². The molecule has 0 spiro atoms. The molecular formula is C23H29N2O4PS. The first-order valence-electron chi connectivity index (χ1n) is 10.5. The number of carbonyl (C=O) groups is 1. The summed E-state index contributed by atoms with van der Waals surface area (Å²) in [6.07, 6.45) is 1.19. The van der Waals surface area contributed by atoms with E-state index in [4.69, 9.17) is 11.8 Å². The molecule has 6 nitrogen and oxygen atoms in total. The highest BCUT2D eigenvalue weighted by Gasteiger charge is 2.38. The van der Waals surface area contributed by atoms with Crippen LogP contribution in [0.4, 0.5) is 4.79 Å². The molecule has 1 heterocycles. The maximum Gasteiger partial charge on any atom is 0.407 e. The lowest BCUT2D eigenvalue weighted by atomic mass is 9.92. The number of amides is 1. The Morgan fingerprint density at radius 1 is 1.10 bits per heavy atom. The zero-order chi connectivity index (χ0) is 22.6. The third kappa shape index (κ3) is 5.52. The predicted octanol–water partition coefficient (Wildman–Crippen LogP) is 4.16. The number of benzene rings is 2. The number of likely N-dealkylation sites (tertiary alicyclic amines) is 1. The van der Waals surface area contributed by atoms with E-state index in [2.05, 4.69) is 0 Å². The lowest BCUT2D eigenvalue weighted by molar-refractivity contribution is -0.479. The van der Waals surface area contributed by atoms with Crippen LogP contribution in [0, 0.1) is 29.9 Å². The molecule has 1 saturated heterocycles. The van der Waals surface area contributed by atoms with Crippen LogP contribution in [-0.4, -0.2) is 46.3 Å². The van der Waals surface area contributed by atoms with Crippen LogP contribution in [-0.2, 0) is 11.8 Å². The summed E-state index contributed by atoms with van der Waals surface area (Å²) in [5.41, 5.74) is 1.98. The Hall–Kier alpha value is -2.24. The first kappa shape index (κ1) is 23.4. The summed E-state index contributed by atoms with van der Waals surface area (Å²) in [6, 6.07) is 13.8. The second-order valence-electron chi connectivity index (χ2n) is 8.45. The summed E-state index contributed by atoms with van der Waals surface area (Å²) in [6.45, 7) is 4.82. The van der Waals surface area contributed by atoms with Crippen LogP contribution in [0.15, 0.2) is 48.5 Å². The number of carboxylic acid groups (broad SMARTS) is 1. The molecule has 0 aromatic heterocycles. The molecule has 2 aromatic rings. The van der Waals surface area contributed by atoms with Gasteiger partial charge in [0.1, 0.15) is 0 Å². The summed E-state index contributed by atoms with van der Waals surface area (Å²) in [5, 5.41) is 22.9. The van der Waals surface area contributed by atoms with Gasteiger partial charge in [0.15, 0.2) is 0 Å². The van der Waals surface area contributed by atoms with Crippen LogP contribution in [0.2, 0.25) is 0 Å². The number of nitro groups is 1. The van der Waals surface area contributed by atoms with Gasteiger partial charge in [0.05, 0.1) is 5.66 Å². The molecule has 2 aromatic carbocycles. The standard InChI is InChI=1S/C23H29N2O4PS/c1-17-3-7-20(8-4-17)30(31,21-9-5-18(2)6-10-21)22(16-25(28)29)15-19-11-13-24(14-12-19)23(26)27/h3-10,19,22H,11-16H2,1-2H3,(H,26,27). The van der Waals surface area contributed by atoms with Crippen LogP contribution in [0.5, 0.6) is 0 Å². The van der Waals surface area contributed by atoms with Crippen LogP contribution in [0.1, 0.15) is 30.4 Å². The van der Waals surface area contributed by atoms with Crippen LogP contribution in [0.25, 0.3) is 0 Å². The third-order valence-electron chi connectivity index (χ3n) is 6.20. The van der Waals surface area contributed by atoms with Crippen molar-refractivity contribution in [3.63, 3.8) is 0 Å². The highest BCUT2D eigenvalue weighted by molar-refractivity contribution is 8.22. The third-order valence-corrected chi connectivity index (χ3v) is 11.9. The molecule has 1 atom stereocenters. The molecule has 31 heavy (non-hydrogen) atoms. The van der Waals surface area contributed by atoms with E-state index in [1.165, 1.54) is 4.90 Å². The van der Waals surface area contributed by atoms with Gasteiger partial charge in [0, 0.05) is 24.1 Å². The van der Waals surface area contributed by atoms with Crippen molar-refractivity contribution in [1.82, 2.24) is 4.90 Å². The van der Waals surface area contributed by atoms with Crippen molar-refractivity contribution >= 4 is 34.5 Å². The molecule has 166 valence electrons. The SMILES string of the molecule is Cc1ccc(P(=S)(c2ccc(C)cc2)C(CC2CCN(C(=O)O)CC2)C[N+](=O)[O-])cc1. The number of piperidine rings is 1. The number of hydrogen-bond donors (Lipinski definition) is 1. The van der Waals surface area contributed by atoms with E-state index in [1.807, 2.05) is 62.4 Å². The summed E-state index contributed by atoms with van der Waals surface area (Å²) < 4.78 is 0. The largest absolute Gasteiger partial charge is 0.465 e. The van der Waals surface area contributed by atoms with Gasteiger partial charge in [-0.25, -0.2) is 4.79 Å². The van der Waals surface area contributed by atoms with E-state index in [0.29, 0.717) is 19.5 Å². The lowest BCUT2D eigenvalue weighted by Crippen LogP contribution is -2.39. The van der Waals surface area contributed by atoms with Crippen molar-refractivity contribution in [2.45, 2.75) is 38.8 Å². The summed E-state index contributed by atoms with van der Waals surface area (Å²) in [7, 11) is 0. The monoisotopic (exact) mass is 460 g/mol. The fourth-order valence-electron chi connectivity index (χ4n) is 4.36. The van der Waals surface area contributed by atoms with Gasteiger partial charge in [0.25, 0.3) is 0 Å². The second kappa shape index (κ2) is 9.92. The molecule has 0 radical (unpaired) electrons. The average molecular weight is 461 g/mol. The normalized spacial score (nSPS) is 16.1. The van der Waals surface area contributed by atoms with Crippen LogP contribution in [0.3, 0.4) is 0 Å². The Balaban J connectivity index is 1.99. The zero-order valence-corrected chi connectivity index (χ0v) is 19.6. The molecule has 0 bridgehead atoms. The Morgan fingerprint density at radius 3 is 1.94 bits per heavy atom. The molecule has 1 aliphatic heterocycles. The van der Waals surface area contributed by atoms with E-state index in [9.17, 15) is 20.0 Å². The van der Waals surface area contributed by atoms with Gasteiger partial charge in [-0.2, -0.15) is 0 Å². The summed E-state index contributed by atoms with van der Waals surface area (Å²) >= 11 is 6.40. The number of aryl methyl sites for hydroxylation is 2. The number of hydrogen-bond acceptors (Lipinski definition) is 4. The highest BCUT2D eigenvalue weighted by atomic mass is 32.4. The van der Waals surface area contributed by atoms with E-state index < -0.39 is 12.1 Å². The first-order valence-corrected chi connectivity index (χ1v) is 13.4.